The zero-order chi connectivity index (χ0) is 15.7. The van der Waals surface area contributed by atoms with E-state index in [0.717, 1.165) is 12.8 Å². The van der Waals surface area contributed by atoms with Crippen molar-refractivity contribution in [2.24, 2.45) is 4.99 Å². The van der Waals surface area contributed by atoms with Crippen molar-refractivity contribution in [3.8, 4) is 0 Å². The molecule has 0 saturated carbocycles. The van der Waals surface area contributed by atoms with Crippen LogP contribution in [-0.4, -0.2) is 23.0 Å². The summed E-state index contributed by atoms with van der Waals surface area (Å²) in [6, 6.07) is 7.19. The molecule has 1 aromatic heterocycles. The number of nitrogens with one attached hydrogen (secondary N) is 1. The van der Waals surface area contributed by atoms with E-state index in [1.807, 2.05) is 13.0 Å². The number of rotatable bonds is 3. The SMILES string of the molecule is CCCCC1N=C(C(F)(F)F)c2cnc3ccccc3c2N1. The highest BCUT2D eigenvalue weighted by molar-refractivity contribution is 6.14. The lowest BCUT2D eigenvalue weighted by Gasteiger charge is -2.27. The van der Waals surface area contributed by atoms with Crippen molar-refractivity contribution in [2.45, 2.75) is 38.5 Å². The quantitative estimate of drug-likeness (QED) is 0.904. The standard InChI is InChI=1S/C16H16F3N3/c1-2-3-8-13-21-14-10-6-4-5-7-12(10)20-9-11(14)15(22-13)16(17,18)19/h4-7,9,13,21H,2-3,8H2,1H3. The van der Waals surface area contributed by atoms with Gasteiger partial charge in [0, 0.05) is 17.1 Å². The van der Waals surface area contributed by atoms with E-state index < -0.39 is 18.1 Å². The highest BCUT2D eigenvalue weighted by Gasteiger charge is 2.41. The van der Waals surface area contributed by atoms with Gasteiger partial charge in [0.15, 0.2) is 5.71 Å². The molecule has 2 heterocycles. The number of nitrogens with zero attached hydrogens (tertiary/aromatic N) is 2. The Morgan fingerprint density at radius 2 is 2.00 bits per heavy atom. The third-order valence-electron chi connectivity index (χ3n) is 3.73. The second kappa shape index (κ2) is 5.59. The van der Waals surface area contributed by atoms with Crippen LogP contribution >= 0.6 is 0 Å². The van der Waals surface area contributed by atoms with Gasteiger partial charge in [-0.15, -0.1) is 0 Å². The molecule has 0 radical (unpaired) electrons. The third-order valence-corrected chi connectivity index (χ3v) is 3.73. The van der Waals surface area contributed by atoms with Crippen LogP contribution in [-0.2, 0) is 0 Å². The van der Waals surface area contributed by atoms with E-state index in [0.29, 0.717) is 23.0 Å². The molecule has 116 valence electrons. The maximum atomic E-state index is 13.3. The smallest absolute Gasteiger partial charge is 0.363 e. The summed E-state index contributed by atoms with van der Waals surface area (Å²) in [4.78, 5) is 8.00. The first kappa shape index (κ1) is 14.8. The minimum absolute atomic E-state index is 0.0268. The monoisotopic (exact) mass is 307 g/mol. The third kappa shape index (κ3) is 2.65. The van der Waals surface area contributed by atoms with E-state index >= 15 is 0 Å². The molecule has 1 unspecified atom stereocenters. The van der Waals surface area contributed by atoms with E-state index in [4.69, 9.17) is 0 Å². The molecular weight excluding hydrogens is 291 g/mol. The minimum Gasteiger partial charge on any atom is -0.363 e. The number of hydrogen-bond acceptors (Lipinski definition) is 3. The van der Waals surface area contributed by atoms with Crippen LogP contribution in [0.2, 0.25) is 0 Å². The molecule has 0 amide bonds. The van der Waals surface area contributed by atoms with E-state index in [-0.39, 0.29) is 5.56 Å². The molecule has 6 heteroatoms. The minimum atomic E-state index is -4.48. The van der Waals surface area contributed by atoms with Crippen molar-refractivity contribution < 1.29 is 13.2 Å². The van der Waals surface area contributed by atoms with Crippen molar-refractivity contribution in [3.05, 3.63) is 36.0 Å². The van der Waals surface area contributed by atoms with Gasteiger partial charge in [0.25, 0.3) is 0 Å². The summed E-state index contributed by atoms with van der Waals surface area (Å²) in [6.45, 7) is 2.00. The Bertz CT molecular complexity index is 722. The molecule has 0 bridgehead atoms. The summed E-state index contributed by atoms with van der Waals surface area (Å²) in [6.07, 6.45) is -1.45. The van der Waals surface area contributed by atoms with Gasteiger partial charge in [-0.3, -0.25) is 9.98 Å². The van der Waals surface area contributed by atoms with Gasteiger partial charge in [0.05, 0.1) is 11.2 Å². The Kier molecular flexibility index (Phi) is 3.76. The van der Waals surface area contributed by atoms with Gasteiger partial charge in [-0.2, -0.15) is 13.2 Å². The van der Waals surface area contributed by atoms with Crippen LogP contribution < -0.4 is 5.32 Å². The van der Waals surface area contributed by atoms with Gasteiger partial charge >= 0.3 is 6.18 Å². The molecule has 3 nitrogen and oxygen atoms in total. The predicted octanol–water partition coefficient (Wildman–Crippen LogP) is 4.53. The summed E-state index contributed by atoms with van der Waals surface area (Å²) < 4.78 is 40.0. The summed E-state index contributed by atoms with van der Waals surface area (Å²) in [5.74, 6) is 0. The first-order chi connectivity index (χ1) is 10.5. The van der Waals surface area contributed by atoms with Crippen molar-refractivity contribution in [3.63, 3.8) is 0 Å². The van der Waals surface area contributed by atoms with Crippen LogP contribution in [0.25, 0.3) is 10.9 Å². The number of anilines is 1. The summed E-state index contributed by atoms with van der Waals surface area (Å²) in [5, 5.41) is 3.84. The molecule has 0 saturated heterocycles. The molecular formula is C16H16F3N3. The van der Waals surface area contributed by atoms with E-state index in [9.17, 15) is 13.2 Å². The number of para-hydroxylation sites is 1. The van der Waals surface area contributed by atoms with E-state index in [2.05, 4.69) is 15.3 Å². The number of aromatic nitrogens is 1. The average molecular weight is 307 g/mol. The second-order valence-corrected chi connectivity index (χ2v) is 5.34. The van der Waals surface area contributed by atoms with Crippen LogP contribution in [0.4, 0.5) is 18.9 Å². The molecule has 1 atom stereocenters. The number of unbranched alkanes of at least 4 members (excludes halogenated alkanes) is 1. The zero-order valence-electron chi connectivity index (χ0n) is 12.1. The Morgan fingerprint density at radius 1 is 1.23 bits per heavy atom. The Hall–Kier alpha value is -2.11. The Labute approximate surface area is 126 Å². The number of fused-ring (bicyclic) bond motifs is 3. The van der Waals surface area contributed by atoms with Crippen LogP contribution in [0.5, 0.6) is 0 Å². The van der Waals surface area contributed by atoms with E-state index in [1.54, 1.807) is 18.2 Å². The van der Waals surface area contributed by atoms with Gasteiger partial charge in [-0.25, -0.2) is 0 Å². The molecule has 1 aromatic carbocycles. The number of alkyl halides is 3. The van der Waals surface area contributed by atoms with Crippen LogP contribution in [0.3, 0.4) is 0 Å². The van der Waals surface area contributed by atoms with Gasteiger partial charge in [-0.05, 0) is 18.9 Å². The van der Waals surface area contributed by atoms with Crippen molar-refractivity contribution in [2.75, 3.05) is 5.32 Å². The Balaban J connectivity index is 2.14. The zero-order valence-corrected chi connectivity index (χ0v) is 12.1. The number of aliphatic imine (C=N–C) groups is 1. The highest BCUT2D eigenvalue weighted by Crippen LogP contribution is 2.35. The highest BCUT2D eigenvalue weighted by atomic mass is 19.4. The molecule has 1 N–H and O–H groups in total. The van der Waals surface area contributed by atoms with E-state index in [1.165, 1.54) is 6.20 Å². The number of benzene rings is 1. The summed E-state index contributed by atoms with van der Waals surface area (Å²) in [5.41, 5.74) is 0.347. The summed E-state index contributed by atoms with van der Waals surface area (Å²) in [7, 11) is 0. The molecule has 22 heavy (non-hydrogen) atoms. The van der Waals surface area contributed by atoms with Gasteiger partial charge < -0.3 is 5.32 Å². The molecule has 0 spiro atoms. The molecule has 2 aromatic rings. The first-order valence-corrected chi connectivity index (χ1v) is 7.30. The lowest BCUT2D eigenvalue weighted by molar-refractivity contribution is -0.0585. The van der Waals surface area contributed by atoms with Crippen LogP contribution in [0.1, 0.15) is 31.7 Å². The molecule has 0 fully saturated rings. The largest absolute Gasteiger partial charge is 0.433 e. The van der Waals surface area contributed by atoms with Crippen molar-refractivity contribution in [1.82, 2.24) is 4.98 Å². The van der Waals surface area contributed by atoms with Crippen LogP contribution in [0.15, 0.2) is 35.5 Å². The number of pyridine rings is 1. The fourth-order valence-corrected chi connectivity index (χ4v) is 2.66. The summed E-state index contributed by atoms with van der Waals surface area (Å²) >= 11 is 0. The number of hydrogen-bond donors (Lipinski definition) is 1. The predicted molar refractivity (Wildman–Crippen MR) is 81.3 cm³/mol. The molecule has 0 aliphatic carbocycles. The maximum absolute atomic E-state index is 13.3. The lowest BCUT2D eigenvalue weighted by Crippen LogP contribution is -2.34. The first-order valence-electron chi connectivity index (χ1n) is 7.30. The normalized spacial score (nSPS) is 17.8. The number of halogens is 3. The fourth-order valence-electron chi connectivity index (χ4n) is 2.66. The maximum Gasteiger partial charge on any atom is 0.433 e. The Morgan fingerprint density at radius 3 is 2.73 bits per heavy atom. The van der Waals surface area contributed by atoms with Crippen LogP contribution in [0, 0.1) is 0 Å². The average Bonchev–Trinajstić information content (AvgIpc) is 2.51. The molecule has 3 rings (SSSR count). The lowest BCUT2D eigenvalue weighted by atomic mass is 10.0. The second-order valence-electron chi connectivity index (χ2n) is 5.34. The van der Waals surface area contributed by atoms with Gasteiger partial charge in [0.2, 0.25) is 0 Å². The van der Waals surface area contributed by atoms with Gasteiger partial charge in [-0.1, -0.05) is 31.5 Å². The van der Waals surface area contributed by atoms with Crippen molar-refractivity contribution in [1.29, 1.82) is 0 Å². The van der Waals surface area contributed by atoms with Gasteiger partial charge in [0.1, 0.15) is 6.17 Å². The van der Waals surface area contributed by atoms with Crippen molar-refractivity contribution >= 4 is 22.3 Å². The molecule has 1 aliphatic heterocycles. The fraction of sp³-hybridized carbons (Fsp3) is 0.375. The molecule has 1 aliphatic rings. The topological polar surface area (TPSA) is 37.3 Å².